The average molecular weight is 270 g/mol. The van der Waals surface area contributed by atoms with Crippen molar-refractivity contribution in [3.63, 3.8) is 0 Å². The molecular formula is C14H20ClNO2. The number of rotatable bonds is 3. The van der Waals surface area contributed by atoms with Gasteiger partial charge in [-0.2, -0.15) is 0 Å². The molecule has 1 aromatic rings. The topological polar surface area (TPSA) is 53.3 Å². The molecule has 18 heavy (non-hydrogen) atoms. The van der Waals surface area contributed by atoms with Gasteiger partial charge in [-0.05, 0) is 18.4 Å². The van der Waals surface area contributed by atoms with Crippen molar-refractivity contribution >= 4 is 18.3 Å². The molecule has 2 rings (SSSR count). The number of aliphatic hydroxyl groups excluding tert-OH is 1. The molecule has 2 N–H and O–H groups in total. The summed E-state index contributed by atoms with van der Waals surface area (Å²) in [5, 5.41) is 18.1. The molecule has 3 nitrogen and oxygen atoms in total. The van der Waals surface area contributed by atoms with Crippen LogP contribution in [0.1, 0.15) is 31.2 Å². The fraction of sp³-hybridized carbons (Fsp3) is 0.500. The van der Waals surface area contributed by atoms with Crippen LogP contribution in [0.15, 0.2) is 30.3 Å². The summed E-state index contributed by atoms with van der Waals surface area (Å²) in [6.07, 6.45) is 3.21. The van der Waals surface area contributed by atoms with E-state index in [1.165, 1.54) is 7.11 Å². The van der Waals surface area contributed by atoms with Crippen molar-refractivity contribution < 1.29 is 9.84 Å². The van der Waals surface area contributed by atoms with Crippen LogP contribution in [0.25, 0.3) is 0 Å². The summed E-state index contributed by atoms with van der Waals surface area (Å²) in [6, 6.07) is 10.0. The number of methoxy groups -OCH3 is 1. The normalized spacial score (nSPS) is 18.8. The molecule has 0 heterocycles. The number of hydrogen-bond donors (Lipinski definition) is 2. The molecule has 0 aliphatic heterocycles. The van der Waals surface area contributed by atoms with Gasteiger partial charge >= 0.3 is 0 Å². The summed E-state index contributed by atoms with van der Waals surface area (Å²) in [5.41, 5.74) is 0.792. The second-order valence-electron chi connectivity index (χ2n) is 4.70. The van der Waals surface area contributed by atoms with Crippen LogP contribution in [0.5, 0.6) is 0 Å². The Balaban J connectivity index is 0.00000162. The Bertz CT molecular complexity index is 388. The number of nitrogens with one attached hydrogen (secondary N) is 1. The fourth-order valence-corrected chi connectivity index (χ4v) is 2.86. The highest BCUT2D eigenvalue weighted by molar-refractivity contribution is 5.85. The summed E-state index contributed by atoms with van der Waals surface area (Å²) in [4.78, 5) is 0. The summed E-state index contributed by atoms with van der Waals surface area (Å²) in [7, 11) is 1.44. The number of aliphatic hydroxyl groups is 1. The maximum atomic E-state index is 10.4. The summed E-state index contributed by atoms with van der Waals surface area (Å²) < 4.78 is 4.90. The minimum atomic E-state index is -0.836. The van der Waals surface area contributed by atoms with E-state index in [0.717, 1.165) is 31.2 Å². The summed E-state index contributed by atoms with van der Waals surface area (Å²) in [6.45, 7) is 0. The lowest BCUT2D eigenvalue weighted by molar-refractivity contribution is 0.116. The SMILES string of the molecule is COC(=N)C(O)C1(c2ccccc2)CCCC1.Cl. The van der Waals surface area contributed by atoms with E-state index in [4.69, 9.17) is 10.1 Å². The third kappa shape index (κ3) is 2.52. The first-order chi connectivity index (χ1) is 8.20. The van der Waals surface area contributed by atoms with E-state index < -0.39 is 6.10 Å². The number of hydrogen-bond acceptors (Lipinski definition) is 3. The number of benzene rings is 1. The molecule has 1 saturated carbocycles. The predicted octanol–water partition coefficient (Wildman–Crippen LogP) is 2.90. The van der Waals surface area contributed by atoms with Crippen molar-refractivity contribution in [2.75, 3.05) is 7.11 Å². The Hall–Kier alpha value is -1.06. The van der Waals surface area contributed by atoms with Crippen molar-refractivity contribution in [1.29, 1.82) is 5.41 Å². The van der Waals surface area contributed by atoms with E-state index in [1.54, 1.807) is 0 Å². The third-order valence-corrected chi connectivity index (χ3v) is 3.84. The molecule has 1 aliphatic carbocycles. The van der Waals surface area contributed by atoms with Crippen molar-refractivity contribution in [3.05, 3.63) is 35.9 Å². The smallest absolute Gasteiger partial charge is 0.210 e. The van der Waals surface area contributed by atoms with Crippen molar-refractivity contribution in [2.24, 2.45) is 0 Å². The molecule has 0 saturated heterocycles. The zero-order chi connectivity index (χ0) is 12.3. The molecule has 0 bridgehead atoms. The summed E-state index contributed by atoms with van der Waals surface area (Å²) >= 11 is 0. The van der Waals surface area contributed by atoms with E-state index >= 15 is 0 Å². The molecule has 0 aromatic heterocycles. The number of ether oxygens (including phenoxy) is 1. The molecule has 0 amide bonds. The minimum absolute atomic E-state index is 0. The lowest BCUT2D eigenvalue weighted by Crippen LogP contribution is -2.43. The zero-order valence-electron chi connectivity index (χ0n) is 10.6. The highest BCUT2D eigenvalue weighted by atomic mass is 35.5. The van der Waals surface area contributed by atoms with Gasteiger partial charge < -0.3 is 9.84 Å². The molecule has 1 aromatic carbocycles. The number of halogens is 1. The molecule has 0 spiro atoms. The van der Waals surface area contributed by atoms with Crippen molar-refractivity contribution in [3.8, 4) is 0 Å². The monoisotopic (exact) mass is 269 g/mol. The van der Waals surface area contributed by atoms with Crippen LogP contribution in [-0.4, -0.2) is 24.2 Å². The van der Waals surface area contributed by atoms with E-state index in [1.807, 2.05) is 30.3 Å². The average Bonchev–Trinajstić information content (AvgIpc) is 2.88. The van der Waals surface area contributed by atoms with Gasteiger partial charge in [0.2, 0.25) is 5.90 Å². The van der Waals surface area contributed by atoms with Gasteiger partial charge in [0.15, 0.2) is 0 Å². The lowest BCUT2D eigenvalue weighted by atomic mass is 9.74. The van der Waals surface area contributed by atoms with Crippen LogP contribution in [0.2, 0.25) is 0 Å². The zero-order valence-corrected chi connectivity index (χ0v) is 11.4. The van der Waals surface area contributed by atoms with E-state index in [0.29, 0.717) is 0 Å². The maximum Gasteiger partial charge on any atom is 0.210 e. The predicted molar refractivity (Wildman–Crippen MR) is 74.6 cm³/mol. The molecule has 0 radical (unpaired) electrons. The van der Waals surface area contributed by atoms with Gasteiger partial charge in [-0.1, -0.05) is 43.2 Å². The Morgan fingerprint density at radius 2 is 1.83 bits per heavy atom. The van der Waals surface area contributed by atoms with Crippen LogP contribution in [0, 0.1) is 5.41 Å². The van der Waals surface area contributed by atoms with Gasteiger partial charge in [-0.25, -0.2) is 0 Å². The second kappa shape index (κ2) is 6.21. The van der Waals surface area contributed by atoms with Crippen molar-refractivity contribution in [2.45, 2.75) is 37.2 Å². The Morgan fingerprint density at radius 1 is 1.28 bits per heavy atom. The van der Waals surface area contributed by atoms with Gasteiger partial charge in [0.05, 0.1) is 7.11 Å². The first-order valence-corrected chi connectivity index (χ1v) is 6.07. The highest BCUT2D eigenvalue weighted by Gasteiger charge is 2.44. The van der Waals surface area contributed by atoms with E-state index in [-0.39, 0.29) is 23.7 Å². The van der Waals surface area contributed by atoms with Crippen LogP contribution in [0.4, 0.5) is 0 Å². The third-order valence-electron chi connectivity index (χ3n) is 3.84. The maximum absolute atomic E-state index is 10.4. The molecule has 1 atom stereocenters. The molecule has 1 aliphatic rings. The van der Waals surface area contributed by atoms with Crippen LogP contribution in [0.3, 0.4) is 0 Å². The largest absolute Gasteiger partial charge is 0.483 e. The molecule has 1 unspecified atom stereocenters. The molecular weight excluding hydrogens is 250 g/mol. The minimum Gasteiger partial charge on any atom is -0.483 e. The quantitative estimate of drug-likeness (QED) is 0.655. The second-order valence-corrected chi connectivity index (χ2v) is 4.70. The van der Waals surface area contributed by atoms with Gasteiger partial charge in [0.25, 0.3) is 0 Å². The fourth-order valence-electron chi connectivity index (χ4n) is 2.86. The van der Waals surface area contributed by atoms with Crippen molar-refractivity contribution in [1.82, 2.24) is 0 Å². The first kappa shape index (κ1) is 15.0. The van der Waals surface area contributed by atoms with Crippen LogP contribution in [-0.2, 0) is 10.2 Å². The van der Waals surface area contributed by atoms with Crippen LogP contribution >= 0.6 is 12.4 Å². The highest BCUT2D eigenvalue weighted by Crippen LogP contribution is 2.44. The van der Waals surface area contributed by atoms with E-state index in [2.05, 4.69) is 0 Å². The molecule has 1 fully saturated rings. The van der Waals surface area contributed by atoms with Gasteiger partial charge in [0, 0.05) is 5.41 Å². The van der Waals surface area contributed by atoms with E-state index in [9.17, 15) is 5.11 Å². The standard InChI is InChI=1S/C14H19NO2.ClH/c1-17-13(15)12(16)14(9-5-6-10-14)11-7-3-2-4-8-11;/h2-4,7-8,12,15-16H,5-6,9-10H2,1H3;1H. The lowest BCUT2D eigenvalue weighted by Gasteiger charge is -2.34. The first-order valence-electron chi connectivity index (χ1n) is 6.07. The van der Waals surface area contributed by atoms with Gasteiger partial charge in [-0.3, -0.25) is 5.41 Å². The molecule has 100 valence electrons. The Kier molecular flexibility index (Phi) is 5.17. The Morgan fingerprint density at radius 3 is 2.33 bits per heavy atom. The molecule has 4 heteroatoms. The Labute approximate surface area is 114 Å². The van der Waals surface area contributed by atoms with Gasteiger partial charge in [0.1, 0.15) is 6.10 Å². The van der Waals surface area contributed by atoms with Crippen LogP contribution < -0.4 is 0 Å². The van der Waals surface area contributed by atoms with Gasteiger partial charge in [-0.15, -0.1) is 12.4 Å². The summed E-state index contributed by atoms with van der Waals surface area (Å²) in [5.74, 6) is -0.0317.